The van der Waals surface area contributed by atoms with Gasteiger partial charge in [-0.25, -0.2) is 13.1 Å². The summed E-state index contributed by atoms with van der Waals surface area (Å²) in [6.07, 6.45) is 4.75. The Morgan fingerprint density at radius 1 is 1.35 bits per heavy atom. The molecule has 0 radical (unpaired) electrons. The Hall–Kier alpha value is -3.18. The first-order valence-corrected chi connectivity index (χ1v) is 11.5. The van der Waals surface area contributed by atoms with Crippen molar-refractivity contribution >= 4 is 27.2 Å². The van der Waals surface area contributed by atoms with Crippen molar-refractivity contribution in [2.24, 2.45) is 0 Å². The van der Waals surface area contributed by atoms with E-state index >= 15 is 0 Å². The highest BCUT2D eigenvalue weighted by atomic mass is 32.2. The fourth-order valence-electron chi connectivity index (χ4n) is 3.96. The van der Waals surface area contributed by atoms with Gasteiger partial charge in [0.05, 0.1) is 5.69 Å². The van der Waals surface area contributed by atoms with Crippen molar-refractivity contribution in [3.63, 3.8) is 0 Å². The summed E-state index contributed by atoms with van der Waals surface area (Å²) in [6, 6.07) is 4.30. The van der Waals surface area contributed by atoms with E-state index in [0.29, 0.717) is 24.2 Å². The molecule has 10 nitrogen and oxygen atoms in total. The zero-order valence-corrected chi connectivity index (χ0v) is 17.7. The number of benzene rings is 1. The average molecular weight is 446 g/mol. The fourth-order valence-corrected chi connectivity index (χ4v) is 5.23. The zero-order valence-electron chi connectivity index (χ0n) is 16.9. The number of carbonyl (C=O) groups is 1. The lowest BCUT2D eigenvalue weighted by Crippen LogP contribution is -2.40. The number of nitrogens with zero attached hydrogens (tertiary/aromatic N) is 2. The molecule has 2 aliphatic carbocycles. The number of sulfonamides is 1. The van der Waals surface area contributed by atoms with Crippen LogP contribution in [0.1, 0.15) is 31.5 Å². The Labute approximate surface area is 179 Å². The molecule has 1 aromatic carbocycles. The molecule has 1 atom stereocenters. The van der Waals surface area contributed by atoms with Gasteiger partial charge < -0.3 is 20.7 Å². The monoisotopic (exact) mass is 445 g/mol. The minimum absolute atomic E-state index is 0.0239. The van der Waals surface area contributed by atoms with Crippen molar-refractivity contribution in [3.8, 4) is 17.2 Å². The number of hydrogen-bond donors (Lipinski definition) is 4. The second kappa shape index (κ2) is 8.16. The second-order valence-corrected chi connectivity index (χ2v) is 9.25. The summed E-state index contributed by atoms with van der Waals surface area (Å²) in [6.45, 7) is 0. The van der Waals surface area contributed by atoms with E-state index in [4.69, 9.17) is 10.3 Å². The van der Waals surface area contributed by atoms with Crippen molar-refractivity contribution in [2.75, 3.05) is 18.5 Å². The van der Waals surface area contributed by atoms with Gasteiger partial charge in [0.15, 0.2) is 0 Å². The minimum Gasteiger partial charge on any atom is -0.506 e. The molecule has 1 amide bonds. The molecule has 0 bridgehead atoms. The Morgan fingerprint density at radius 3 is 2.90 bits per heavy atom. The number of nitrogen functional groups attached to an aromatic ring is 1. The molecule has 4 rings (SSSR count). The molecule has 11 heteroatoms. The molecule has 0 saturated heterocycles. The van der Waals surface area contributed by atoms with Crippen LogP contribution < -0.4 is 15.8 Å². The van der Waals surface area contributed by atoms with Crippen LogP contribution in [0.3, 0.4) is 0 Å². The summed E-state index contributed by atoms with van der Waals surface area (Å²) in [4.78, 5) is 16.0. The van der Waals surface area contributed by atoms with E-state index in [9.17, 15) is 18.3 Å². The van der Waals surface area contributed by atoms with Gasteiger partial charge in [-0.1, -0.05) is 11.2 Å². The van der Waals surface area contributed by atoms with Crippen molar-refractivity contribution in [1.82, 2.24) is 20.2 Å². The Kier molecular flexibility index (Phi) is 5.54. The second-order valence-electron chi connectivity index (χ2n) is 7.50. The summed E-state index contributed by atoms with van der Waals surface area (Å²) in [5.74, 6) is -0.490. The van der Waals surface area contributed by atoms with Crippen LogP contribution in [0, 0.1) is 0 Å². The number of phenols is 1. The molecule has 2 aliphatic rings. The van der Waals surface area contributed by atoms with E-state index in [1.807, 2.05) is 6.08 Å². The standard InChI is InChI=1S/C20H23N5O5S/c1-22-18(27)10-31(28,29)25-16-7-6-12-13(16)3-2-4-14(12)19-23-20(30-24-19)11-5-8-17(26)15(21)9-11/h4-5,8-9,16,25-26H,2-3,6-7,10,21H2,1H3,(H,22,27)/t16-/m1/s1. The Morgan fingerprint density at radius 2 is 2.16 bits per heavy atom. The van der Waals surface area contributed by atoms with Gasteiger partial charge in [-0.15, -0.1) is 0 Å². The molecular weight excluding hydrogens is 422 g/mol. The Balaban J connectivity index is 1.57. The van der Waals surface area contributed by atoms with Crippen LogP contribution in [-0.4, -0.2) is 48.4 Å². The number of phenolic OH excluding ortho intramolecular Hbond substituents is 1. The first-order valence-electron chi connectivity index (χ1n) is 9.83. The van der Waals surface area contributed by atoms with Gasteiger partial charge in [-0.2, -0.15) is 4.98 Å². The van der Waals surface area contributed by atoms with Crippen LogP contribution >= 0.6 is 0 Å². The number of rotatable bonds is 6. The maximum Gasteiger partial charge on any atom is 0.258 e. The predicted molar refractivity (Wildman–Crippen MR) is 114 cm³/mol. The van der Waals surface area contributed by atoms with Gasteiger partial charge >= 0.3 is 0 Å². The highest BCUT2D eigenvalue weighted by Crippen LogP contribution is 2.42. The topological polar surface area (TPSA) is 160 Å². The van der Waals surface area contributed by atoms with Crippen molar-refractivity contribution in [1.29, 1.82) is 0 Å². The van der Waals surface area contributed by atoms with Crippen molar-refractivity contribution in [2.45, 2.75) is 31.7 Å². The third-order valence-electron chi connectivity index (χ3n) is 5.44. The van der Waals surface area contributed by atoms with Gasteiger partial charge in [0.1, 0.15) is 11.5 Å². The molecule has 0 spiro atoms. The molecule has 0 fully saturated rings. The first kappa shape index (κ1) is 21.1. The van der Waals surface area contributed by atoms with Gasteiger partial charge in [0.25, 0.3) is 5.89 Å². The number of allylic oxidation sites excluding steroid dienone is 3. The van der Waals surface area contributed by atoms with Gasteiger partial charge in [0.2, 0.25) is 21.8 Å². The van der Waals surface area contributed by atoms with Crippen molar-refractivity contribution in [3.05, 3.63) is 41.2 Å². The highest BCUT2D eigenvalue weighted by Gasteiger charge is 2.33. The maximum atomic E-state index is 12.3. The molecule has 164 valence electrons. The van der Waals surface area contributed by atoms with Crippen LogP contribution in [0.5, 0.6) is 5.75 Å². The van der Waals surface area contributed by atoms with E-state index in [-0.39, 0.29) is 23.4 Å². The largest absolute Gasteiger partial charge is 0.506 e. The van der Waals surface area contributed by atoms with E-state index in [2.05, 4.69) is 20.2 Å². The lowest BCUT2D eigenvalue weighted by Gasteiger charge is -2.20. The summed E-state index contributed by atoms with van der Waals surface area (Å²) in [5.41, 5.74) is 9.38. The van der Waals surface area contributed by atoms with E-state index in [1.165, 1.54) is 13.1 Å². The molecule has 0 unspecified atom stereocenters. The number of aromatic nitrogens is 2. The summed E-state index contributed by atoms with van der Waals surface area (Å²) in [5, 5.41) is 16.0. The normalized spacial score (nSPS) is 18.6. The molecule has 1 heterocycles. The maximum absolute atomic E-state index is 12.3. The third kappa shape index (κ3) is 4.32. The smallest absolute Gasteiger partial charge is 0.258 e. The number of aromatic hydroxyl groups is 1. The van der Waals surface area contributed by atoms with Crippen molar-refractivity contribution < 1.29 is 22.8 Å². The molecule has 0 aliphatic heterocycles. The summed E-state index contributed by atoms with van der Waals surface area (Å²) >= 11 is 0. The van der Waals surface area contributed by atoms with Gasteiger partial charge in [-0.3, -0.25) is 4.79 Å². The number of nitrogens with two attached hydrogens (primary N) is 1. The van der Waals surface area contributed by atoms with Crippen LogP contribution in [0.2, 0.25) is 0 Å². The van der Waals surface area contributed by atoms with E-state index in [1.54, 1.807) is 12.1 Å². The van der Waals surface area contributed by atoms with Crippen LogP contribution in [0.15, 0.2) is 39.9 Å². The third-order valence-corrected chi connectivity index (χ3v) is 6.73. The van der Waals surface area contributed by atoms with E-state index in [0.717, 1.165) is 29.6 Å². The van der Waals surface area contributed by atoms with Crippen LogP contribution in [0.25, 0.3) is 17.0 Å². The van der Waals surface area contributed by atoms with Crippen LogP contribution in [0.4, 0.5) is 5.69 Å². The lowest BCUT2D eigenvalue weighted by atomic mass is 9.91. The van der Waals surface area contributed by atoms with Crippen LogP contribution in [-0.2, 0) is 14.8 Å². The SMILES string of the molecule is CNC(=O)CS(=O)(=O)N[C@@H]1CCC2=C1CCC=C2c1noc(-c2ccc(O)c(N)c2)n1. The molecular formula is C20H23N5O5S. The molecule has 0 saturated carbocycles. The molecule has 2 aromatic rings. The summed E-state index contributed by atoms with van der Waals surface area (Å²) < 4.78 is 32.7. The number of carbonyl (C=O) groups excluding carboxylic acids is 1. The molecule has 1 aromatic heterocycles. The predicted octanol–water partition coefficient (Wildman–Crippen LogP) is 1.33. The number of hydrogen-bond acceptors (Lipinski definition) is 8. The van der Waals surface area contributed by atoms with E-state index < -0.39 is 21.7 Å². The Bertz CT molecular complexity index is 1200. The number of amides is 1. The minimum atomic E-state index is -3.75. The zero-order chi connectivity index (χ0) is 22.2. The number of anilines is 1. The number of nitrogens with one attached hydrogen (secondary N) is 2. The summed E-state index contributed by atoms with van der Waals surface area (Å²) in [7, 11) is -2.35. The lowest BCUT2D eigenvalue weighted by molar-refractivity contribution is -0.118. The highest BCUT2D eigenvalue weighted by molar-refractivity contribution is 7.90. The quantitative estimate of drug-likeness (QED) is 0.382. The molecule has 31 heavy (non-hydrogen) atoms. The first-order chi connectivity index (χ1) is 14.8. The van der Waals surface area contributed by atoms with Gasteiger partial charge in [-0.05, 0) is 55.0 Å². The average Bonchev–Trinajstić information content (AvgIpc) is 3.37. The fraction of sp³-hybridized carbons (Fsp3) is 0.350. The molecule has 5 N–H and O–H groups in total. The van der Waals surface area contributed by atoms with Gasteiger partial charge in [0, 0.05) is 24.2 Å².